The molecule has 1 aliphatic carbocycles. The van der Waals surface area contributed by atoms with E-state index < -0.39 is 0 Å². The number of carbonyl (C=O) groups is 1. The molecule has 1 atom stereocenters. The molecule has 4 aromatic rings. The second-order valence-corrected chi connectivity index (χ2v) is 7.49. The van der Waals surface area contributed by atoms with Crippen LogP contribution in [-0.4, -0.2) is 15.6 Å². The number of ketones is 1. The molecule has 0 saturated heterocycles. The molecule has 1 N–H and O–H groups in total. The van der Waals surface area contributed by atoms with E-state index in [1.54, 1.807) is 16.8 Å². The van der Waals surface area contributed by atoms with E-state index in [0.717, 1.165) is 22.6 Å². The van der Waals surface area contributed by atoms with Crippen LogP contribution >= 0.6 is 0 Å². The number of halogens is 1. The van der Waals surface area contributed by atoms with E-state index in [4.69, 9.17) is 5.10 Å². The molecule has 1 aliphatic rings. The number of fused-ring (bicyclic) bond motifs is 1. The Bertz CT molecular complexity index is 1180. The van der Waals surface area contributed by atoms with Crippen molar-refractivity contribution >= 4 is 17.3 Å². The van der Waals surface area contributed by atoms with E-state index in [1.165, 1.54) is 12.1 Å². The molecule has 0 spiro atoms. The summed E-state index contributed by atoms with van der Waals surface area (Å²) in [6, 6.07) is 25.9. The fraction of sp³-hybridized carbons (Fsp3) is 0.120. The fourth-order valence-electron chi connectivity index (χ4n) is 4.07. The van der Waals surface area contributed by atoms with E-state index in [0.29, 0.717) is 24.2 Å². The number of benzene rings is 3. The van der Waals surface area contributed by atoms with Crippen molar-refractivity contribution in [3.63, 3.8) is 0 Å². The molecular weight excluding hydrogens is 377 g/mol. The van der Waals surface area contributed by atoms with Gasteiger partial charge in [-0.2, -0.15) is 0 Å². The molecule has 30 heavy (non-hydrogen) atoms. The van der Waals surface area contributed by atoms with Crippen LogP contribution in [-0.2, 0) is 6.42 Å². The summed E-state index contributed by atoms with van der Waals surface area (Å²) < 4.78 is 15.3. The van der Waals surface area contributed by atoms with E-state index in [-0.39, 0.29) is 17.5 Å². The lowest BCUT2D eigenvalue weighted by molar-refractivity contribution is 0.0964. The second-order valence-electron chi connectivity index (χ2n) is 7.49. The predicted octanol–water partition coefficient (Wildman–Crippen LogP) is 5.67. The molecule has 0 amide bonds. The van der Waals surface area contributed by atoms with Crippen LogP contribution in [0.4, 0.5) is 15.9 Å². The van der Waals surface area contributed by atoms with Crippen molar-refractivity contribution in [3.05, 3.63) is 108 Å². The van der Waals surface area contributed by atoms with Gasteiger partial charge in [0.1, 0.15) is 5.82 Å². The quantitative estimate of drug-likeness (QED) is 0.483. The van der Waals surface area contributed by atoms with Crippen LogP contribution in [0.5, 0.6) is 0 Å². The number of hydrogen-bond donors (Lipinski definition) is 1. The summed E-state index contributed by atoms with van der Waals surface area (Å²) in [5, 5.41) is 8.02. The summed E-state index contributed by atoms with van der Waals surface area (Å²) in [4.78, 5) is 13.2. The van der Waals surface area contributed by atoms with Crippen molar-refractivity contribution in [2.24, 2.45) is 0 Å². The van der Waals surface area contributed by atoms with Gasteiger partial charge in [-0.1, -0.05) is 48.5 Å². The molecular formula is C25H20FN3O. The number of anilines is 2. The van der Waals surface area contributed by atoms with Gasteiger partial charge >= 0.3 is 0 Å². The zero-order chi connectivity index (χ0) is 20.5. The topological polar surface area (TPSA) is 46.9 Å². The van der Waals surface area contributed by atoms with Gasteiger partial charge in [0, 0.05) is 12.1 Å². The van der Waals surface area contributed by atoms with Crippen LogP contribution in [0.3, 0.4) is 0 Å². The summed E-state index contributed by atoms with van der Waals surface area (Å²) in [6.45, 7) is 0. The van der Waals surface area contributed by atoms with Crippen molar-refractivity contribution in [2.75, 3.05) is 5.32 Å². The van der Waals surface area contributed by atoms with Gasteiger partial charge in [-0.25, -0.2) is 9.07 Å². The largest absolute Gasteiger partial charge is 0.338 e. The number of Topliss-reactive ketones (excluding diaryl/α,β-unsaturated/α-hetero) is 1. The zero-order valence-electron chi connectivity index (χ0n) is 16.3. The SMILES string of the molecule is O=C1C[C@@H](c2ccccc2)Cc2c1c(Nc1ccccc1)nn2-c1ccc(F)cc1. The van der Waals surface area contributed by atoms with Crippen LogP contribution in [0, 0.1) is 5.82 Å². The molecule has 0 aliphatic heterocycles. The number of aromatic nitrogens is 2. The Morgan fingerprint density at radius 2 is 1.53 bits per heavy atom. The molecule has 4 nitrogen and oxygen atoms in total. The molecule has 1 aromatic heterocycles. The number of nitrogens with zero attached hydrogens (tertiary/aromatic N) is 2. The van der Waals surface area contributed by atoms with Crippen LogP contribution in [0.15, 0.2) is 84.9 Å². The van der Waals surface area contributed by atoms with Crippen molar-refractivity contribution in [1.29, 1.82) is 0 Å². The van der Waals surface area contributed by atoms with Gasteiger partial charge < -0.3 is 5.32 Å². The molecule has 148 valence electrons. The molecule has 0 unspecified atom stereocenters. The fourth-order valence-corrected chi connectivity index (χ4v) is 4.07. The highest BCUT2D eigenvalue weighted by atomic mass is 19.1. The smallest absolute Gasteiger partial charge is 0.169 e. The van der Waals surface area contributed by atoms with E-state index >= 15 is 0 Å². The number of para-hydroxylation sites is 1. The first-order chi connectivity index (χ1) is 14.7. The van der Waals surface area contributed by atoms with Crippen molar-refractivity contribution in [2.45, 2.75) is 18.8 Å². The van der Waals surface area contributed by atoms with Crippen LogP contribution in [0.25, 0.3) is 5.69 Å². The average Bonchev–Trinajstić information content (AvgIpc) is 3.14. The Hall–Kier alpha value is -3.73. The minimum Gasteiger partial charge on any atom is -0.338 e. The lowest BCUT2D eigenvalue weighted by Gasteiger charge is -2.23. The van der Waals surface area contributed by atoms with Crippen LogP contribution in [0.1, 0.15) is 34.0 Å². The maximum atomic E-state index is 13.5. The standard InChI is InChI=1S/C25H20FN3O/c26-19-11-13-21(14-12-19)29-22-15-18(17-7-3-1-4-8-17)16-23(30)24(22)25(28-29)27-20-9-5-2-6-10-20/h1-14,18H,15-16H2,(H,27,28)/t18-/m0/s1. The number of nitrogens with one attached hydrogen (secondary N) is 1. The summed E-state index contributed by atoms with van der Waals surface area (Å²) in [7, 11) is 0. The van der Waals surface area contributed by atoms with Crippen molar-refractivity contribution in [3.8, 4) is 5.69 Å². The van der Waals surface area contributed by atoms with Gasteiger partial charge in [0.2, 0.25) is 0 Å². The summed E-state index contributed by atoms with van der Waals surface area (Å²) >= 11 is 0. The van der Waals surface area contributed by atoms with Crippen molar-refractivity contribution < 1.29 is 9.18 Å². The first kappa shape index (κ1) is 18.3. The van der Waals surface area contributed by atoms with Crippen molar-refractivity contribution in [1.82, 2.24) is 9.78 Å². The lowest BCUT2D eigenvalue weighted by Crippen LogP contribution is -2.20. The molecule has 0 saturated carbocycles. The number of carbonyl (C=O) groups excluding carboxylic acids is 1. The maximum Gasteiger partial charge on any atom is 0.169 e. The monoisotopic (exact) mass is 397 g/mol. The van der Waals surface area contributed by atoms with Gasteiger partial charge in [-0.15, -0.1) is 5.10 Å². The third-order valence-electron chi connectivity index (χ3n) is 5.51. The first-order valence-corrected chi connectivity index (χ1v) is 9.97. The lowest BCUT2D eigenvalue weighted by atomic mass is 9.82. The van der Waals surface area contributed by atoms with E-state index in [2.05, 4.69) is 17.4 Å². The van der Waals surface area contributed by atoms with Crippen LogP contribution in [0.2, 0.25) is 0 Å². The van der Waals surface area contributed by atoms with E-state index in [1.807, 2.05) is 48.5 Å². The van der Waals surface area contributed by atoms with Gasteiger partial charge in [0.25, 0.3) is 0 Å². The Balaban J connectivity index is 1.61. The number of rotatable bonds is 4. The normalized spacial score (nSPS) is 15.6. The molecule has 0 radical (unpaired) electrons. The zero-order valence-corrected chi connectivity index (χ0v) is 16.3. The molecule has 5 rings (SSSR count). The van der Waals surface area contributed by atoms with Crippen LogP contribution < -0.4 is 5.32 Å². The third-order valence-corrected chi connectivity index (χ3v) is 5.51. The Morgan fingerprint density at radius 1 is 0.867 bits per heavy atom. The summed E-state index contributed by atoms with van der Waals surface area (Å²) in [5.41, 5.74) is 4.21. The highest BCUT2D eigenvalue weighted by Crippen LogP contribution is 2.37. The molecule has 3 aromatic carbocycles. The summed E-state index contributed by atoms with van der Waals surface area (Å²) in [6.07, 6.45) is 1.13. The first-order valence-electron chi connectivity index (χ1n) is 9.97. The Labute approximate surface area is 174 Å². The van der Waals surface area contributed by atoms with Gasteiger partial charge in [-0.05, 0) is 54.3 Å². The summed E-state index contributed by atoms with van der Waals surface area (Å²) in [5.74, 6) is 0.390. The minimum atomic E-state index is -0.305. The second kappa shape index (κ2) is 7.59. The highest BCUT2D eigenvalue weighted by Gasteiger charge is 2.33. The molecule has 5 heteroatoms. The minimum absolute atomic E-state index is 0.0666. The molecule has 1 heterocycles. The Kier molecular flexibility index (Phi) is 4.64. The van der Waals surface area contributed by atoms with Gasteiger partial charge in [0.15, 0.2) is 11.6 Å². The third kappa shape index (κ3) is 3.39. The average molecular weight is 397 g/mol. The number of hydrogen-bond acceptors (Lipinski definition) is 3. The Morgan fingerprint density at radius 3 is 2.23 bits per heavy atom. The van der Waals surface area contributed by atoms with E-state index in [9.17, 15) is 9.18 Å². The molecule has 0 fully saturated rings. The molecule has 0 bridgehead atoms. The maximum absolute atomic E-state index is 13.5. The highest BCUT2D eigenvalue weighted by molar-refractivity contribution is 6.03. The van der Waals surface area contributed by atoms with Gasteiger partial charge in [0.05, 0.1) is 16.9 Å². The predicted molar refractivity (Wildman–Crippen MR) is 115 cm³/mol. The van der Waals surface area contributed by atoms with Gasteiger partial charge in [-0.3, -0.25) is 4.79 Å².